The van der Waals surface area contributed by atoms with Crippen LogP contribution in [0.15, 0.2) is 30.5 Å². The van der Waals surface area contributed by atoms with Crippen molar-refractivity contribution in [1.82, 2.24) is 4.98 Å². The molecule has 94 valence electrons. The van der Waals surface area contributed by atoms with Gasteiger partial charge < -0.3 is 10.6 Å². The summed E-state index contributed by atoms with van der Waals surface area (Å²) >= 11 is 0. The van der Waals surface area contributed by atoms with Gasteiger partial charge in [-0.25, -0.2) is 4.98 Å². The Morgan fingerprint density at radius 2 is 1.78 bits per heavy atom. The van der Waals surface area contributed by atoms with Gasteiger partial charge in [-0.1, -0.05) is 17.7 Å². The average molecular weight is 241 g/mol. The number of nitrogens with two attached hydrogens (primary N) is 1. The second-order valence-electron chi connectivity index (χ2n) is 4.77. The summed E-state index contributed by atoms with van der Waals surface area (Å²) in [6.45, 7) is 6.18. The normalized spacial score (nSPS) is 10.4. The second kappa shape index (κ2) is 4.69. The SMILES string of the molecule is Cc1ccc(N(C)c2ncc(C)cc2N)c(C)c1. The number of anilines is 3. The Morgan fingerprint density at radius 3 is 2.39 bits per heavy atom. The van der Waals surface area contributed by atoms with E-state index in [4.69, 9.17) is 5.73 Å². The zero-order valence-electron chi connectivity index (χ0n) is 11.4. The number of pyridine rings is 1. The van der Waals surface area contributed by atoms with E-state index in [1.807, 2.05) is 31.1 Å². The zero-order chi connectivity index (χ0) is 13.3. The predicted octanol–water partition coefficient (Wildman–Crippen LogP) is 3.36. The summed E-state index contributed by atoms with van der Waals surface area (Å²) in [5, 5.41) is 0. The van der Waals surface area contributed by atoms with Gasteiger partial charge in [0.2, 0.25) is 0 Å². The van der Waals surface area contributed by atoms with Crippen molar-refractivity contribution in [2.75, 3.05) is 17.7 Å². The van der Waals surface area contributed by atoms with Crippen LogP contribution in [-0.4, -0.2) is 12.0 Å². The second-order valence-corrected chi connectivity index (χ2v) is 4.77. The molecule has 3 nitrogen and oxygen atoms in total. The first kappa shape index (κ1) is 12.4. The van der Waals surface area contributed by atoms with Gasteiger partial charge in [-0.05, 0) is 44.0 Å². The highest BCUT2D eigenvalue weighted by molar-refractivity contribution is 5.72. The third-order valence-electron chi connectivity index (χ3n) is 3.06. The molecular formula is C15H19N3. The maximum absolute atomic E-state index is 6.04. The molecule has 0 saturated heterocycles. The lowest BCUT2D eigenvalue weighted by molar-refractivity contribution is 1.11. The molecule has 0 spiro atoms. The number of nitrogens with zero attached hydrogens (tertiary/aromatic N) is 2. The molecular weight excluding hydrogens is 222 g/mol. The van der Waals surface area contributed by atoms with Crippen LogP contribution in [0.4, 0.5) is 17.2 Å². The lowest BCUT2D eigenvalue weighted by Crippen LogP contribution is -2.14. The summed E-state index contributed by atoms with van der Waals surface area (Å²) in [5.41, 5.74) is 11.4. The van der Waals surface area contributed by atoms with Gasteiger partial charge in [0.25, 0.3) is 0 Å². The van der Waals surface area contributed by atoms with Gasteiger partial charge in [0.1, 0.15) is 0 Å². The quantitative estimate of drug-likeness (QED) is 0.876. The molecule has 18 heavy (non-hydrogen) atoms. The van der Waals surface area contributed by atoms with Crippen molar-refractivity contribution < 1.29 is 0 Å². The fourth-order valence-electron chi connectivity index (χ4n) is 2.16. The summed E-state index contributed by atoms with van der Waals surface area (Å²) in [7, 11) is 1.99. The van der Waals surface area contributed by atoms with Crippen LogP contribution in [0, 0.1) is 20.8 Å². The van der Waals surface area contributed by atoms with Gasteiger partial charge in [0.15, 0.2) is 5.82 Å². The molecule has 2 N–H and O–H groups in total. The van der Waals surface area contributed by atoms with E-state index >= 15 is 0 Å². The van der Waals surface area contributed by atoms with E-state index in [1.165, 1.54) is 11.1 Å². The monoisotopic (exact) mass is 241 g/mol. The average Bonchev–Trinajstić information content (AvgIpc) is 2.28. The van der Waals surface area contributed by atoms with Gasteiger partial charge in [0.05, 0.1) is 5.69 Å². The number of aromatic nitrogens is 1. The van der Waals surface area contributed by atoms with Crippen molar-refractivity contribution in [2.45, 2.75) is 20.8 Å². The van der Waals surface area contributed by atoms with Crippen LogP contribution in [0.5, 0.6) is 0 Å². The molecule has 0 atom stereocenters. The minimum absolute atomic E-state index is 0.706. The number of benzene rings is 1. The van der Waals surface area contributed by atoms with Crippen molar-refractivity contribution in [3.8, 4) is 0 Å². The Bertz CT molecular complexity index is 524. The molecule has 0 aliphatic carbocycles. The Morgan fingerprint density at radius 1 is 1.06 bits per heavy atom. The van der Waals surface area contributed by atoms with Crippen molar-refractivity contribution in [1.29, 1.82) is 0 Å². The van der Waals surface area contributed by atoms with E-state index in [2.05, 4.69) is 37.0 Å². The van der Waals surface area contributed by atoms with E-state index in [-0.39, 0.29) is 0 Å². The molecule has 3 heteroatoms. The van der Waals surface area contributed by atoms with E-state index in [1.54, 1.807) is 0 Å². The number of hydrogen-bond acceptors (Lipinski definition) is 3. The van der Waals surface area contributed by atoms with Crippen molar-refractivity contribution in [3.05, 3.63) is 47.2 Å². The summed E-state index contributed by atoms with van der Waals surface area (Å²) < 4.78 is 0. The third kappa shape index (κ3) is 2.30. The van der Waals surface area contributed by atoms with Crippen LogP contribution in [0.25, 0.3) is 0 Å². The minimum atomic E-state index is 0.706. The summed E-state index contributed by atoms with van der Waals surface area (Å²) in [6, 6.07) is 8.31. The molecule has 0 unspecified atom stereocenters. The molecule has 0 amide bonds. The van der Waals surface area contributed by atoms with Crippen molar-refractivity contribution >= 4 is 17.2 Å². The van der Waals surface area contributed by atoms with E-state index in [0.717, 1.165) is 17.1 Å². The zero-order valence-corrected chi connectivity index (χ0v) is 11.4. The summed E-state index contributed by atoms with van der Waals surface area (Å²) in [4.78, 5) is 6.45. The highest BCUT2D eigenvalue weighted by Gasteiger charge is 2.11. The first-order chi connectivity index (χ1) is 8.49. The number of rotatable bonds is 2. The highest BCUT2D eigenvalue weighted by Crippen LogP contribution is 2.29. The molecule has 0 aliphatic rings. The molecule has 1 heterocycles. The Labute approximate surface area is 108 Å². The fourth-order valence-corrected chi connectivity index (χ4v) is 2.16. The van der Waals surface area contributed by atoms with Gasteiger partial charge in [-0.3, -0.25) is 0 Å². The van der Waals surface area contributed by atoms with Crippen LogP contribution >= 0.6 is 0 Å². The lowest BCUT2D eigenvalue weighted by Gasteiger charge is -2.22. The highest BCUT2D eigenvalue weighted by atomic mass is 15.2. The third-order valence-corrected chi connectivity index (χ3v) is 3.06. The number of hydrogen-bond donors (Lipinski definition) is 1. The van der Waals surface area contributed by atoms with Gasteiger partial charge in [0, 0.05) is 18.9 Å². The van der Waals surface area contributed by atoms with Crippen LogP contribution in [-0.2, 0) is 0 Å². The smallest absolute Gasteiger partial charge is 0.155 e. The van der Waals surface area contributed by atoms with Gasteiger partial charge in [-0.2, -0.15) is 0 Å². The fraction of sp³-hybridized carbons (Fsp3) is 0.267. The summed E-state index contributed by atoms with van der Waals surface area (Å²) in [5.74, 6) is 0.799. The number of nitrogen functional groups attached to an aromatic ring is 1. The maximum Gasteiger partial charge on any atom is 0.155 e. The molecule has 1 aromatic heterocycles. The Hall–Kier alpha value is -2.03. The summed E-state index contributed by atoms with van der Waals surface area (Å²) in [6.07, 6.45) is 1.84. The van der Waals surface area contributed by atoms with E-state index in [0.29, 0.717) is 5.69 Å². The molecule has 0 saturated carbocycles. The van der Waals surface area contributed by atoms with Crippen LogP contribution in [0.2, 0.25) is 0 Å². The van der Waals surface area contributed by atoms with Crippen LogP contribution in [0.3, 0.4) is 0 Å². The Balaban J connectivity index is 2.44. The van der Waals surface area contributed by atoms with E-state index < -0.39 is 0 Å². The first-order valence-electron chi connectivity index (χ1n) is 6.02. The molecule has 0 fully saturated rings. The molecule has 0 aliphatic heterocycles. The molecule has 1 aromatic carbocycles. The molecule has 0 radical (unpaired) electrons. The minimum Gasteiger partial charge on any atom is -0.396 e. The first-order valence-corrected chi connectivity index (χ1v) is 6.02. The largest absolute Gasteiger partial charge is 0.396 e. The van der Waals surface area contributed by atoms with E-state index in [9.17, 15) is 0 Å². The topological polar surface area (TPSA) is 42.2 Å². The standard InChI is InChI=1S/C15H19N3/c1-10-5-6-14(12(3)7-10)18(4)15-13(16)8-11(2)9-17-15/h5-9H,16H2,1-4H3. The molecule has 0 bridgehead atoms. The molecule has 2 rings (SSSR count). The van der Waals surface area contributed by atoms with Gasteiger partial charge >= 0.3 is 0 Å². The Kier molecular flexibility index (Phi) is 3.24. The lowest BCUT2D eigenvalue weighted by atomic mass is 10.1. The maximum atomic E-state index is 6.04. The van der Waals surface area contributed by atoms with Gasteiger partial charge in [-0.15, -0.1) is 0 Å². The van der Waals surface area contributed by atoms with Crippen molar-refractivity contribution in [3.63, 3.8) is 0 Å². The van der Waals surface area contributed by atoms with Crippen molar-refractivity contribution in [2.24, 2.45) is 0 Å². The van der Waals surface area contributed by atoms with Crippen LogP contribution < -0.4 is 10.6 Å². The predicted molar refractivity (Wildman–Crippen MR) is 77.4 cm³/mol. The number of aryl methyl sites for hydroxylation is 3. The molecule has 2 aromatic rings. The van der Waals surface area contributed by atoms with Crippen LogP contribution in [0.1, 0.15) is 16.7 Å².